The van der Waals surface area contributed by atoms with Crippen molar-refractivity contribution in [3.05, 3.63) is 68.5 Å². The van der Waals surface area contributed by atoms with E-state index in [-0.39, 0.29) is 34.5 Å². The third-order valence-corrected chi connectivity index (χ3v) is 7.24. The predicted molar refractivity (Wildman–Crippen MR) is 135 cm³/mol. The number of amides is 1. The van der Waals surface area contributed by atoms with E-state index in [4.69, 9.17) is 9.72 Å². The van der Waals surface area contributed by atoms with Gasteiger partial charge < -0.3 is 9.64 Å². The zero-order valence-electron chi connectivity index (χ0n) is 20.6. The number of aromatic nitrogens is 3. The molecular weight excluding hydrogens is 460 g/mol. The summed E-state index contributed by atoms with van der Waals surface area (Å²) in [6, 6.07) is 10.5. The molecule has 1 saturated heterocycles. The van der Waals surface area contributed by atoms with E-state index < -0.39 is 23.8 Å². The van der Waals surface area contributed by atoms with Crippen molar-refractivity contribution < 1.29 is 14.3 Å². The molecule has 0 N–H and O–H groups in total. The normalized spacial score (nSPS) is 17.8. The first-order valence-electron chi connectivity index (χ1n) is 12.6. The minimum absolute atomic E-state index is 0.0202. The van der Waals surface area contributed by atoms with E-state index in [2.05, 4.69) is 0 Å². The third kappa shape index (κ3) is 4.23. The maximum absolute atomic E-state index is 13.8. The van der Waals surface area contributed by atoms with Crippen LogP contribution >= 0.6 is 0 Å². The lowest BCUT2D eigenvalue weighted by Gasteiger charge is -2.35. The Hall–Kier alpha value is -3.75. The molecule has 2 aromatic heterocycles. The summed E-state index contributed by atoms with van der Waals surface area (Å²) in [5.74, 6) is -0.785. The van der Waals surface area contributed by atoms with Gasteiger partial charge in [0.2, 0.25) is 5.91 Å². The maximum Gasteiger partial charge on any atom is 0.338 e. The van der Waals surface area contributed by atoms with Crippen LogP contribution in [-0.4, -0.2) is 50.6 Å². The Kier molecular flexibility index (Phi) is 6.47. The first-order chi connectivity index (χ1) is 17.4. The molecule has 0 spiro atoms. The fourth-order valence-electron chi connectivity index (χ4n) is 5.14. The number of para-hydroxylation sites is 1. The maximum atomic E-state index is 13.8. The topological polar surface area (TPSA) is 104 Å². The van der Waals surface area contributed by atoms with Gasteiger partial charge in [-0.15, -0.1) is 0 Å². The number of fused-ring (bicyclic) bond motifs is 1. The van der Waals surface area contributed by atoms with E-state index in [1.54, 1.807) is 35.2 Å². The molecule has 2 fully saturated rings. The summed E-state index contributed by atoms with van der Waals surface area (Å²) in [4.78, 5) is 60.2. The molecule has 1 aromatic carbocycles. The van der Waals surface area contributed by atoms with Crippen LogP contribution < -0.4 is 11.2 Å². The van der Waals surface area contributed by atoms with Crippen LogP contribution in [0.3, 0.4) is 0 Å². The Labute approximate surface area is 208 Å². The molecule has 1 saturated carbocycles. The molecule has 3 aromatic rings. The molecule has 5 rings (SSSR count). The lowest BCUT2D eigenvalue weighted by Crippen LogP contribution is -2.49. The Balaban J connectivity index is 1.76. The van der Waals surface area contributed by atoms with Crippen molar-refractivity contribution in [2.75, 3.05) is 13.7 Å². The SMILES string of the molecule is CC[C@@H]1CCCCN1C(=O)Cn1c(=O)c2c(C(=O)OC)cc(C3CC3)nc2n(-c2ccccc2)c1=O. The van der Waals surface area contributed by atoms with Gasteiger partial charge in [-0.05, 0) is 56.7 Å². The van der Waals surface area contributed by atoms with Crippen molar-refractivity contribution in [3.8, 4) is 5.69 Å². The zero-order valence-corrected chi connectivity index (χ0v) is 20.6. The van der Waals surface area contributed by atoms with E-state index in [0.717, 1.165) is 43.1 Å². The minimum Gasteiger partial charge on any atom is -0.465 e. The quantitative estimate of drug-likeness (QED) is 0.492. The van der Waals surface area contributed by atoms with E-state index in [9.17, 15) is 19.2 Å². The number of hydrogen-bond donors (Lipinski definition) is 0. The van der Waals surface area contributed by atoms with Gasteiger partial charge in [0.15, 0.2) is 5.65 Å². The second-order valence-electron chi connectivity index (χ2n) is 9.55. The van der Waals surface area contributed by atoms with E-state index in [0.29, 0.717) is 17.9 Å². The van der Waals surface area contributed by atoms with Gasteiger partial charge in [-0.2, -0.15) is 0 Å². The number of benzene rings is 1. The van der Waals surface area contributed by atoms with Gasteiger partial charge in [-0.3, -0.25) is 9.59 Å². The van der Waals surface area contributed by atoms with Crippen LogP contribution in [0.5, 0.6) is 0 Å². The average Bonchev–Trinajstić information content (AvgIpc) is 3.76. The second kappa shape index (κ2) is 9.72. The highest BCUT2D eigenvalue weighted by atomic mass is 16.5. The molecule has 0 radical (unpaired) electrons. The highest BCUT2D eigenvalue weighted by Gasteiger charge is 2.31. The van der Waals surface area contributed by atoms with Crippen molar-refractivity contribution in [1.29, 1.82) is 0 Å². The van der Waals surface area contributed by atoms with Gasteiger partial charge in [0, 0.05) is 24.2 Å². The summed E-state index contributed by atoms with van der Waals surface area (Å²) in [6.45, 7) is 2.24. The Morgan fingerprint density at radius 3 is 2.50 bits per heavy atom. The second-order valence-corrected chi connectivity index (χ2v) is 9.55. The number of piperidine rings is 1. The molecule has 36 heavy (non-hydrogen) atoms. The van der Waals surface area contributed by atoms with Crippen LogP contribution in [0.4, 0.5) is 0 Å². The number of carbonyl (C=O) groups is 2. The smallest absolute Gasteiger partial charge is 0.338 e. The molecule has 1 amide bonds. The van der Waals surface area contributed by atoms with Crippen molar-refractivity contribution in [1.82, 2.24) is 19.0 Å². The molecule has 1 atom stereocenters. The van der Waals surface area contributed by atoms with Crippen LogP contribution in [0, 0.1) is 0 Å². The van der Waals surface area contributed by atoms with Crippen molar-refractivity contribution >= 4 is 22.9 Å². The molecule has 2 aliphatic rings. The molecule has 1 aliphatic heterocycles. The Morgan fingerprint density at radius 1 is 1.08 bits per heavy atom. The number of hydrogen-bond acceptors (Lipinski definition) is 6. The van der Waals surface area contributed by atoms with Crippen molar-refractivity contribution in [3.63, 3.8) is 0 Å². The lowest BCUT2D eigenvalue weighted by atomic mass is 10.00. The van der Waals surface area contributed by atoms with Gasteiger partial charge >= 0.3 is 11.7 Å². The first kappa shape index (κ1) is 24.0. The molecule has 0 bridgehead atoms. The van der Waals surface area contributed by atoms with Crippen molar-refractivity contribution in [2.45, 2.75) is 64.0 Å². The Bertz CT molecular complexity index is 1440. The summed E-state index contributed by atoms with van der Waals surface area (Å²) in [5.41, 5.74) is -0.0586. The number of likely N-dealkylation sites (tertiary alicyclic amines) is 1. The number of rotatable bonds is 6. The number of nitrogens with zero attached hydrogens (tertiary/aromatic N) is 4. The van der Waals surface area contributed by atoms with E-state index in [1.165, 1.54) is 11.7 Å². The van der Waals surface area contributed by atoms with E-state index in [1.807, 2.05) is 13.0 Å². The molecule has 188 valence electrons. The monoisotopic (exact) mass is 490 g/mol. The molecule has 9 heteroatoms. The highest BCUT2D eigenvalue weighted by Crippen LogP contribution is 2.40. The molecule has 9 nitrogen and oxygen atoms in total. The van der Waals surface area contributed by atoms with Crippen LogP contribution in [0.1, 0.15) is 67.4 Å². The predicted octanol–water partition coefficient (Wildman–Crippen LogP) is 3.00. The minimum atomic E-state index is -0.712. The fourth-order valence-corrected chi connectivity index (χ4v) is 5.14. The van der Waals surface area contributed by atoms with Crippen LogP contribution in [0.25, 0.3) is 16.7 Å². The lowest BCUT2D eigenvalue weighted by molar-refractivity contribution is -0.135. The van der Waals surface area contributed by atoms with Crippen LogP contribution in [-0.2, 0) is 16.1 Å². The third-order valence-electron chi connectivity index (χ3n) is 7.24. The van der Waals surface area contributed by atoms with Crippen LogP contribution in [0.2, 0.25) is 0 Å². The number of pyridine rings is 1. The van der Waals surface area contributed by atoms with Crippen molar-refractivity contribution in [2.24, 2.45) is 0 Å². The molecule has 1 aliphatic carbocycles. The summed E-state index contributed by atoms with van der Waals surface area (Å²) in [5, 5.41) is -0.0202. The molecular formula is C27H30N4O5. The molecule has 3 heterocycles. The molecule has 0 unspecified atom stereocenters. The van der Waals surface area contributed by atoms with Gasteiger partial charge in [-0.25, -0.2) is 23.7 Å². The number of esters is 1. The van der Waals surface area contributed by atoms with E-state index >= 15 is 0 Å². The summed E-state index contributed by atoms with van der Waals surface area (Å²) in [7, 11) is 1.25. The summed E-state index contributed by atoms with van der Waals surface area (Å²) >= 11 is 0. The average molecular weight is 491 g/mol. The summed E-state index contributed by atoms with van der Waals surface area (Å²) in [6.07, 6.45) is 5.51. The fraction of sp³-hybridized carbons (Fsp3) is 0.444. The largest absolute Gasteiger partial charge is 0.465 e. The zero-order chi connectivity index (χ0) is 25.4. The standard InChI is InChI=1S/C27H30N4O5/c1-3-18-9-7-8-14-29(18)22(32)16-30-25(33)23-20(26(34)36-2)15-21(17-12-13-17)28-24(23)31(27(30)35)19-10-5-4-6-11-19/h4-6,10-11,15,17-18H,3,7-9,12-14,16H2,1-2H3/t18-/m1/s1. The van der Waals surface area contributed by atoms with Crippen LogP contribution in [0.15, 0.2) is 46.0 Å². The summed E-state index contributed by atoms with van der Waals surface area (Å²) < 4.78 is 7.26. The van der Waals surface area contributed by atoms with Gasteiger partial charge in [0.25, 0.3) is 5.56 Å². The number of carbonyl (C=O) groups excluding carboxylic acids is 2. The first-order valence-corrected chi connectivity index (χ1v) is 12.6. The van der Waals surface area contributed by atoms with Gasteiger partial charge in [-0.1, -0.05) is 25.1 Å². The number of ether oxygens (including phenoxy) is 1. The Morgan fingerprint density at radius 2 is 1.83 bits per heavy atom. The van der Waals surface area contributed by atoms with Gasteiger partial charge in [0.1, 0.15) is 6.54 Å². The highest BCUT2D eigenvalue weighted by molar-refractivity contribution is 6.02. The number of methoxy groups -OCH3 is 1. The van der Waals surface area contributed by atoms with Gasteiger partial charge in [0.05, 0.1) is 23.7 Å².